The lowest BCUT2D eigenvalue weighted by molar-refractivity contribution is 0.0979. The van der Waals surface area contributed by atoms with Crippen LogP contribution in [0, 0.1) is 6.92 Å². The van der Waals surface area contributed by atoms with E-state index in [1.165, 1.54) is 0 Å². The second-order valence-electron chi connectivity index (χ2n) is 3.79. The molecule has 0 unspecified atom stereocenters. The lowest BCUT2D eigenvalue weighted by Gasteiger charge is -2.01. The molecule has 0 aliphatic rings. The van der Waals surface area contributed by atoms with Gasteiger partial charge in [-0.05, 0) is 25.8 Å². The number of carbonyl (C=O) groups is 1. The Morgan fingerprint density at radius 1 is 1.27 bits per heavy atom. The molecule has 0 spiro atoms. The Balaban J connectivity index is 2.40. The quantitative estimate of drug-likeness (QED) is 0.431. The zero-order valence-electron chi connectivity index (χ0n) is 9.13. The molecule has 0 heterocycles. The van der Waals surface area contributed by atoms with Crippen molar-refractivity contribution in [2.24, 2.45) is 0 Å². The largest absolute Gasteiger partial charge is 0.294 e. The molecule has 0 atom stereocenters. The van der Waals surface area contributed by atoms with E-state index in [0.29, 0.717) is 6.42 Å². The average molecular weight is 269 g/mol. The number of hydrogen-bond donors (Lipinski definition) is 0. The van der Waals surface area contributed by atoms with Crippen LogP contribution < -0.4 is 0 Å². The van der Waals surface area contributed by atoms with Gasteiger partial charge in [-0.1, -0.05) is 46.1 Å². The number of unbranched alkanes of at least 4 members (excludes halogenated alkanes) is 2. The first-order valence-corrected chi connectivity index (χ1v) is 6.52. The van der Waals surface area contributed by atoms with Crippen LogP contribution in [0.15, 0.2) is 24.3 Å². The minimum atomic E-state index is 0.272. The van der Waals surface area contributed by atoms with Gasteiger partial charge in [0.25, 0.3) is 0 Å². The highest BCUT2D eigenvalue weighted by Crippen LogP contribution is 2.10. The van der Waals surface area contributed by atoms with Crippen LogP contribution in [-0.4, -0.2) is 11.1 Å². The van der Waals surface area contributed by atoms with Gasteiger partial charge in [0.1, 0.15) is 0 Å². The van der Waals surface area contributed by atoms with E-state index in [1.807, 2.05) is 31.2 Å². The molecule has 0 aliphatic heterocycles. The molecule has 0 N–H and O–H groups in total. The number of hydrogen-bond acceptors (Lipinski definition) is 1. The molecular weight excluding hydrogens is 252 g/mol. The van der Waals surface area contributed by atoms with Crippen LogP contribution in [0.3, 0.4) is 0 Å². The van der Waals surface area contributed by atoms with E-state index in [-0.39, 0.29) is 5.78 Å². The second kappa shape index (κ2) is 6.78. The minimum Gasteiger partial charge on any atom is -0.294 e. The van der Waals surface area contributed by atoms with Crippen molar-refractivity contribution in [3.05, 3.63) is 35.4 Å². The van der Waals surface area contributed by atoms with Gasteiger partial charge in [0.15, 0.2) is 5.78 Å². The molecule has 1 aromatic carbocycles. The molecule has 2 heteroatoms. The van der Waals surface area contributed by atoms with E-state index < -0.39 is 0 Å². The van der Waals surface area contributed by atoms with Gasteiger partial charge >= 0.3 is 0 Å². The highest BCUT2D eigenvalue weighted by atomic mass is 79.9. The third-order valence-electron chi connectivity index (χ3n) is 2.38. The van der Waals surface area contributed by atoms with Crippen LogP contribution in [0.1, 0.15) is 41.6 Å². The molecule has 0 amide bonds. The topological polar surface area (TPSA) is 17.1 Å². The summed E-state index contributed by atoms with van der Waals surface area (Å²) in [7, 11) is 0. The number of halogens is 1. The van der Waals surface area contributed by atoms with Gasteiger partial charge in [-0.25, -0.2) is 0 Å². The van der Waals surface area contributed by atoms with E-state index in [1.54, 1.807) is 0 Å². The molecule has 0 aliphatic carbocycles. The van der Waals surface area contributed by atoms with E-state index in [4.69, 9.17) is 0 Å². The standard InChI is InChI=1S/C13H17BrO/c1-11-6-5-7-12(10-11)13(15)8-3-2-4-9-14/h5-7,10H,2-4,8-9H2,1H3. The molecule has 0 saturated heterocycles. The van der Waals surface area contributed by atoms with E-state index in [0.717, 1.165) is 35.7 Å². The second-order valence-corrected chi connectivity index (χ2v) is 4.59. The molecule has 0 saturated carbocycles. The van der Waals surface area contributed by atoms with Crippen molar-refractivity contribution >= 4 is 21.7 Å². The molecule has 1 rings (SSSR count). The van der Waals surface area contributed by atoms with Crippen molar-refractivity contribution in [2.75, 3.05) is 5.33 Å². The Morgan fingerprint density at radius 2 is 2.07 bits per heavy atom. The van der Waals surface area contributed by atoms with Crippen molar-refractivity contribution in [2.45, 2.75) is 32.6 Å². The summed E-state index contributed by atoms with van der Waals surface area (Å²) in [5, 5.41) is 1.03. The molecule has 0 radical (unpaired) electrons. The van der Waals surface area contributed by atoms with Crippen LogP contribution in [0.2, 0.25) is 0 Å². The fourth-order valence-corrected chi connectivity index (χ4v) is 1.92. The first-order valence-electron chi connectivity index (χ1n) is 5.40. The Kier molecular flexibility index (Phi) is 5.62. The summed E-state index contributed by atoms with van der Waals surface area (Å²) in [6.45, 7) is 2.02. The Bertz CT molecular complexity index is 320. The van der Waals surface area contributed by atoms with E-state index in [9.17, 15) is 4.79 Å². The molecule has 0 fully saturated rings. The number of carbonyl (C=O) groups excluding carboxylic acids is 1. The maximum absolute atomic E-state index is 11.7. The van der Waals surface area contributed by atoms with E-state index >= 15 is 0 Å². The predicted molar refractivity (Wildman–Crippen MR) is 67.8 cm³/mol. The maximum atomic E-state index is 11.7. The van der Waals surface area contributed by atoms with Crippen molar-refractivity contribution < 1.29 is 4.79 Å². The first kappa shape index (κ1) is 12.4. The third-order valence-corrected chi connectivity index (χ3v) is 2.94. The summed E-state index contributed by atoms with van der Waals surface area (Å²) >= 11 is 3.39. The Labute approximate surface area is 100 Å². The van der Waals surface area contributed by atoms with Gasteiger partial charge in [-0.3, -0.25) is 4.79 Å². The first-order chi connectivity index (χ1) is 7.24. The molecule has 0 aromatic heterocycles. The van der Waals surface area contributed by atoms with Gasteiger partial charge in [0, 0.05) is 17.3 Å². The number of benzene rings is 1. The number of rotatable bonds is 6. The molecule has 82 valence electrons. The normalized spacial score (nSPS) is 10.3. The predicted octanol–water partition coefficient (Wildman–Crippen LogP) is 4.13. The summed E-state index contributed by atoms with van der Waals surface area (Å²) in [6.07, 6.45) is 3.96. The maximum Gasteiger partial charge on any atom is 0.162 e. The highest BCUT2D eigenvalue weighted by Gasteiger charge is 2.04. The zero-order chi connectivity index (χ0) is 11.1. The Hall–Kier alpha value is -0.630. The van der Waals surface area contributed by atoms with Crippen molar-refractivity contribution in [3.63, 3.8) is 0 Å². The van der Waals surface area contributed by atoms with Crippen molar-refractivity contribution in [1.82, 2.24) is 0 Å². The van der Waals surface area contributed by atoms with Gasteiger partial charge < -0.3 is 0 Å². The monoisotopic (exact) mass is 268 g/mol. The number of alkyl halides is 1. The van der Waals surface area contributed by atoms with Crippen molar-refractivity contribution in [3.8, 4) is 0 Å². The molecule has 1 aromatic rings. The molecular formula is C13H17BrO. The van der Waals surface area contributed by atoms with Crippen LogP contribution in [0.25, 0.3) is 0 Å². The SMILES string of the molecule is Cc1cccc(C(=O)CCCCCBr)c1. The number of Topliss-reactive ketones (excluding diaryl/α,β-unsaturated/α-hetero) is 1. The molecule has 1 nitrogen and oxygen atoms in total. The van der Waals surface area contributed by atoms with Crippen LogP contribution in [-0.2, 0) is 0 Å². The summed E-state index contributed by atoms with van der Waals surface area (Å²) in [5.74, 6) is 0.272. The summed E-state index contributed by atoms with van der Waals surface area (Å²) in [4.78, 5) is 11.7. The van der Waals surface area contributed by atoms with E-state index in [2.05, 4.69) is 15.9 Å². The van der Waals surface area contributed by atoms with Gasteiger partial charge in [-0.2, -0.15) is 0 Å². The van der Waals surface area contributed by atoms with Gasteiger partial charge in [-0.15, -0.1) is 0 Å². The fraction of sp³-hybridized carbons (Fsp3) is 0.462. The lowest BCUT2D eigenvalue weighted by Crippen LogP contribution is -1.99. The van der Waals surface area contributed by atoms with Crippen molar-refractivity contribution in [1.29, 1.82) is 0 Å². The molecule has 0 bridgehead atoms. The third kappa shape index (κ3) is 4.61. The van der Waals surface area contributed by atoms with Crippen LogP contribution in [0.5, 0.6) is 0 Å². The molecule has 15 heavy (non-hydrogen) atoms. The lowest BCUT2D eigenvalue weighted by atomic mass is 10.0. The van der Waals surface area contributed by atoms with Gasteiger partial charge in [0.05, 0.1) is 0 Å². The zero-order valence-corrected chi connectivity index (χ0v) is 10.7. The summed E-state index contributed by atoms with van der Waals surface area (Å²) in [6, 6.07) is 7.83. The minimum absolute atomic E-state index is 0.272. The van der Waals surface area contributed by atoms with Crippen LogP contribution in [0.4, 0.5) is 0 Å². The number of ketones is 1. The Morgan fingerprint density at radius 3 is 2.73 bits per heavy atom. The van der Waals surface area contributed by atoms with Gasteiger partial charge in [0.2, 0.25) is 0 Å². The summed E-state index contributed by atoms with van der Waals surface area (Å²) < 4.78 is 0. The fourth-order valence-electron chi connectivity index (χ4n) is 1.52. The van der Waals surface area contributed by atoms with Crippen LogP contribution >= 0.6 is 15.9 Å². The smallest absolute Gasteiger partial charge is 0.162 e. The average Bonchev–Trinajstić information content (AvgIpc) is 2.24. The number of aryl methyl sites for hydroxylation is 1. The summed E-state index contributed by atoms with van der Waals surface area (Å²) in [5.41, 5.74) is 2.01. The highest BCUT2D eigenvalue weighted by molar-refractivity contribution is 9.09.